The number of benzene rings is 1. The summed E-state index contributed by atoms with van der Waals surface area (Å²) in [5.74, 6) is 1.03. The number of piperidine rings is 1. The normalized spacial score (nSPS) is 18.8. The second-order valence-corrected chi connectivity index (χ2v) is 5.14. The Balaban J connectivity index is 2.34. The summed E-state index contributed by atoms with van der Waals surface area (Å²) in [5.41, 5.74) is 6.89. The second-order valence-electron chi connectivity index (χ2n) is 5.14. The molecule has 2 N–H and O–H groups in total. The van der Waals surface area contributed by atoms with Crippen LogP contribution >= 0.6 is 0 Å². The third-order valence-corrected chi connectivity index (χ3v) is 3.85. The molecule has 0 spiro atoms. The lowest BCUT2D eigenvalue weighted by molar-refractivity contribution is 0.0636. The number of hydrogen-bond donors (Lipinski definition) is 1. The van der Waals surface area contributed by atoms with Crippen molar-refractivity contribution in [2.75, 3.05) is 26.5 Å². The average molecular weight is 278 g/mol. The molecule has 1 aliphatic rings. The van der Waals surface area contributed by atoms with E-state index < -0.39 is 0 Å². The van der Waals surface area contributed by atoms with Crippen LogP contribution in [0.4, 0.5) is 5.69 Å². The van der Waals surface area contributed by atoms with Gasteiger partial charge >= 0.3 is 0 Å². The smallest absolute Gasteiger partial charge is 0.256 e. The van der Waals surface area contributed by atoms with E-state index in [1.54, 1.807) is 26.4 Å². The van der Waals surface area contributed by atoms with Crippen LogP contribution in [0.15, 0.2) is 12.1 Å². The number of nitrogens with zero attached hydrogens (tertiary/aromatic N) is 1. The summed E-state index contributed by atoms with van der Waals surface area (Å²) in [6, 6.07) is 3.56. The minimum atomic E-state index is -0.0318. The van der Waals surface area contributed by atoms with Crippen LogP contribution in [0.3, 0.4) is 0 Å². The Labute approximate surface area is 119 Å². The highest BCUT2D eigenvalue weighted by Gasteiger charge is 2.26. The summed E-state index contributed by atoms with van der Waals surface area (Å²) < 4.78 is 10.4. The van der Waals surface area contributed by atoms with Gasteiger partial charge in [-0.3, -0.25) is 4.79 Å². The first-order chi connectivity index (χ1) is 9.58. The van der Waals surface area contributed by atoms with Gasteiger partial charge in [-0.05, 0) is 32.3 Å². The lowest BCUT2D eigenvalue weighted by Crippen LogP contribution is -2.42. The summed E-state index contributed by atoms with van der Waals surface area (Å²) in [4.78, 5) is 14.5. The molecule has 1 aliphatic heterocycles. The second kappa shape index (κ2) is 6.03. The van der Waals surface area contributed by atoms with E-state index >= 15 is 0 Å². The fraction of sp³-hybridized carbons (Fsp3) is 0.533. The number of nitrogen functional groups attached to an aromatic ring is 1. The number of carbonyl (C=O) groups excluding carboxylic acids is 1. The van der Waals surface area contributed by atoms with Crippen molar-refractivity contribution in [2.45, 2.75) is 32.2 Å². The lowest BCUT2D eigenvalue weighted by atomic mass is 10.0. The molecule has 110 valence electrons. The Bertz CT molecular complexity index is 502. The van der Waals surface area contributed by atoms with Gasteiger partial charge in [-0.1, -0.05) is 0 Å². The van der Waals surface area contributed by atoms with Crippen LogP contribution < -0.4 is 15.2 Å². The molecule has 0 aliphatic carbocycles. The highest BCUT2D eigenvalue weighted by atomic mass is 16.5. The summed E-state index contributed by atoms with van der Waals surface area (Å²) in [6.07, 6.45) is 3.26. The van der Waals surface area contributed by atoms with Crippen LogP contribution in [0.25, 0.3) is 0 Å². The summed E-state index contributed by atoms with van der Waals surface area (Å²) in [6.45, 7) is 2.86. The lowest BCUT2D eigenvalue weighted by Gasteiger charge is -2.33. The molecule has 20 heavy (non-hydrogen) atoms. The molecule has 5 nitrogen and oxygen atoms in total. The molecule has 1 heterocycles. The van der Waals surface area contributed by atoms with Crippen molar-refractivity contribution >= 4 is 11.6 Å². The van der Waals surface area contributed by atoms with Gasteiger partial charge in [0.05, 0.1) is 19.8 Å². The van der Waals surface area contributed by atoms with Gasteiger partial charge in [-0.15, -0.1) is 0 Å². The average Bonchev–Trinajstić information content (AvgIpc) is 2.46. The third kappa shape index (κ3) is 2.66. The van der Waals surface area contributed by atoms with Gasteiger partial charge in [0.1, 0.15) is 0 Å². The van der Waals surface area contributed by atoms with Gasteiger partial charge in [0, 0.05) is 24.3 Å². The molecule has 5 heteroatoms. The number of hydrogen-bond acceptors (Lipinski definition) is 4. The van der Waals surface area contributed by atoms with E-state index in [0.29, 0.717) is 22.7 Å². The maximum Gasteiger partial charge on any atom is 0.256 e. The number of nitrogens with two attached hydrogens (primary N) is 1. The molecule has 1 amide bonds. The first-order valence-corrected chi connectivity index (χ1v) is 6.91. The fourth-order valence-corrected chi connectivity index (χ4v) is 2.63. The van der Waals surface area contributed by atoms with Crippen LogP contribution in [0, 0.1) is 0 Å². The van der Waals surface area contributed by atoms with Crippen LogP contribution in [-0.2, 0) is 0 Å². The Morgan fingerprint density at radius 3 is 2.50 bits per heavy atom. The molecule has 1 saturated heterocycles. The fourth-order valence-electron chi connectivity index (χ4n) is 2.63. The van der Waals surface area contributed by atoms with Crippen molar-refractivity contribution in [1.29, 1.82) is 0 Å². The van der Waals surface area contributed by atoms with Crippen molar-refractivity contribution in [1.82, 2.24) is 4.90 Å². The quantitative estimate of drug-likeness (QED) is 0.862. The largest absolute Gasteiger partial charge is 0.493 e. The summed E-state index contributed by atoms with van der Waals surface area (Å²) in [7, 11) is 3.09. The van der Waals surface area contributed by atoms with Gasteiger partial charge in [0.2, 0.25) is 0 Å². The topological polar surface area (TPSA) is 64.8 Å². The SMILES string of the molecule is COc1cc(N)c(C(=O)N2CCCC[C@H]2C)cc1OC. The number of carbonyl (C=O) groups is 1. The van der Waals surface area contributed by atoms with E-state index in [9.17, 15) is 4.79 Å². The van der Waals surface area contributed by atoms with Crippen molar-refractivity contribution in [3.8, 4) is 11.5 Å². The highest BCUT2D eigenvalue weighted by molar-refractivity contribution is 6.00. The Kier molecular flexibility index (Phi) is 4.37. The van der Waals surface area contributed by atoms with E-state index in [4.69, 9.17) is 15.2 Å². The molecule has 1 fully saturated rings. The first-order valence-electron chi connectivity index (χ1n) is 6.91. The molecule has 0 aromatic heterocycles. The Morgan fingerprint density at radius 1 is 1.25 bits per heavy atom. The molecule has 0 saturated carbocycles. The summed E-state index contributed by atoms with van der Waals surface area (Å²) >= 11 is 0. The molecule has 0 radical (unpaired) electrons. The number of rotatable bonds is 3. The van der Waals surface area contributed by atoms with Gasteiger partial charge in [-0.25, -0.2) is 0 Å². The molecule has 2 rings (SSSR count). The molecular weight excluding hydrogens is 256 g/mol. The molecule has 1 aromatic rings. The minimum absolute atomic E-state index is 0.0318. The maximum atomic E-state index is 12.6. The Hall–Kier alpha value is -1.91. The van der Waals surface area contributed by atoms with Crippen molar-refractivity contribution in [3.63, 3.8) is 0 Å². The molecule has 1 aromatic carbocycles. The van der Waals surface area contributed by atoms with E-state index in [0.717, 1.165) is 19.4 Å². The predicted molar refractivity (Wildman–Crippen MR) is 78.3 cm³/mol. The van der Waals surface area contributed by atoms with Crippen LogP contribution in [0.2, 0.25) is 0 Å². The predicted octanol–water partition coefficient (Wildman–Crippen LogP) is 2.30. The van der Waals surface area contributed by atoms with Crippen LogP contribution in [0.1, 0.15) is 36.5 Å². The van der Waals surface area contributed by atoms with Gasteiger partial charge in [-0.2, -0.15) is 0 Å². The zero-order chi connectivity index (χ0) is 14.7. The minimum Gasteiger partial charge on any atom is -0.493 e. The number of amides is 1. The zero-order valence-electron chi connectivity index (χ0n) is 12.3. The van der Waals surface area contributed by atoms with Crippen molar-refractivity contribution in [3.05, 3.63) is 17.7 Å². The number of likely N-dealkylation sites (tertiary alicyclic amines) is 1. The monoisotopic (exact) mass is 278 g/mol. The zero-order valence-corrected chi connectivity index (χ0v) is 12.3. The number of ether oxygens (including phenoxy) is 2. The van der Waals surface area contributed by atoms with E-state index in [1.165, 1.54) is 6.42 Å². The van der Waals surface area contributed by atoms with Gasteiger partial charge in [0.15, 0.2) is 11.5 Å². The van der Waals surface area contributed by atoms with Gasteiger partial charge < -0.3 is 20.1 Å². The first kappa shape index (κ1) is 14.5. The van der Waals surface area contributed by atoms with E-state index in [1.807, 2.05) is 4.90 Å². The maximum absolute atomic E-state index is 12.6. The van der Waals surface area contributed by atoms with Crippen molar-refractivity contribution in [2.24, 2.45) is 0 Å². The number of methoxy groups -OCH3 is 2. The highest BCUT2D eigenvalue weighted by Crippen LogP contribution is 2.33. The third-order valence-electron chi connectivity index (χ3n) is 3.85. The Morgan fingerprint density at radius 2 is 1.90 bits per heavy atom. The van der Waals surface area contributed by atoms with Gasteiger partial charge in [0.25, 0.3) is 5.91 Å². The molecular formula is C15H22N2O3. The van der Waals surface area contributed by atoms with E-state index in [2.05, 4.69) is 6.92 Å². The van der Waals surface area contributed by atoms with Crippen LogP contribution in [0.5, 0.6) is 11.5 Å². The molecule has 0 unspecified atom stereocenters. The van der Waals surface area contributed by atoms with Crippen LogP contribution in [-0.4, -0.2) is 37.6 Å². The van der Waals surface area contributed by atoms with Crippen molar-refractivity contribution < 1.29 is 14.3 Å². The molecule has 1 atom stereocenters. The summed E-state index contributed by atoms with van der Waals surface area (Å²) in [5, 5.41) is 0. The van der Waals surface area contributed by atoms with E-state index in [-0.39, 0.29) is 11.9 Å². The standard InChI is InChI=1S/C15H22N2O3/c1-10-6-4-5-7-17(10)15(18)11-8-13(19-2)14(20-3)9-12(11)16/h8-10H,4-7,16H2,1-3H3/t10-/m1/s1. The number of anilines is 1. The molecule has 0 bridgehead atoms.